The topological polar surface area (TPSA) is 71.1 Å². The van der Waals surface area contributed by atoms with Crippen LogP contribution in [0.3, 0.4) is 0 Å². The van der Waals surface area contributed by atoms with Crippen LogP contribution in [0.5, 0.6) is 11.5 Å². The zero-order chi connectivity index (χ0) is 23.1. The smallest absolute Gasteiger partial charge is 0.318 e. The summed E-state index contributed by atoms with van der Waals surface area (Å²) in [6.07, 6.45) is 1.66. The predicted octanol–water partition coefficient (Wildman–Crippen LogP) is 4.09. The second kappa shape index (κ2) is 11.2. The van der Waals surface area contributed by atoms with Crippen molar-refractivity contribution in [3.8, 4) is 11.5 Å². The molecular weight excluding hydrogens is 426 g/mol. The predicted molar refractivity (Wildman–Crippen MR) is 126 cm³/mol. The summed E-state index contributed by atoms with van der Waals surface area (Å²) in [5, 5.41) is 4.95. The van der Waals surface area contributed by atoms with Crippen LogP contribution >= 0.6 is 11.3 Å². The van der Waals surface area contributed by atoms with E-state index in [4.69, 9.17) is 9.47 Å². The summed E-state index contributed by atoms with van der Waals surface area (Å²) < 4.78 is 11.5. The van der Waals surface area contributed by atoms with Gasteiger partial charge in [-0.05, 0) is 55.8 Å². The van der Waals surface area contributed by atoms with E-state index in [0.717, 1.165) is 18.4 Å². The molecule has 0 fully saturated rings. The van der Waals surface area contributed by atoms with Crippen molar-refractivity contribution in [2.75, 3.05) is 33.4 Å². The maximum absolute atomic E-state index is 13.4. The van der Waals surface area contributed by atoms with Gasteiger partial charge in [-0.3, -0.25) is 4.79 Å². The number of carbonyl (C=O) groups excluding carboxylic acids is 2. The zero-order valence-corrected chi connectivity index (χ0v) is 20.1. The van der Waals surface area contributed by atoms with Crippen LogP contribution in [-0.2, 0) is 11.2 Å². The van der Waals surface area contributed by atoms with E-state index < -0.39 is 0 Å². The molecule has 7 nitrogen and oxygen atoms in total. The SMILES string of the molecule is CCCNC(=O)N(CC(=O)N1CCc2sccc2[C@H]1COc1ccccc1OC)C(C)C. The summed E-state index contributed by atoms with van der Waals surface area (Å²) >= 11 is 1.71. The summed E-state index contributed by atoms with van der Waals surface area (Å²) in [5.41, 5.74) is 1.12. The maximum atomic E-state index is 13.4. The molecule has 0 saturated carbocycles. The van der Waals surface area contributed by atoms with Gasteiger partial charge in [0.2, 0.25) is 5.91 Å². The van der Waals surface area contributed by atoms with Crippen LogP contribution in [0.25, 0.3) is 0 Å². The average molecular weight is 460 g/mol. The van der Waals surface area contributed by atoms with Crippen LogP contribution in [0.2, 0.25) is 0 Å². The lowest BCUT2D eigenvalue weighted by molar-refractivity contribution is -0.135. The van der Waals surface area contributed by atoms with E-state index in [1.807, 2.05) is 49.9 Å². The number of rotatable bonds is 9. The summed E-state index contributed by atoms with van der Waals surface area (Å²) in [6.45, 7) is 7.41. The van der Waals surface area contributed by atoms with Gasteiger partial charge in [0.05, 0.1) is 13.2 Å². The Bertz CT molecular complexity index is 914. The van der Waals surface area contributed by atoms with Crippen LogP contribution in [0, 0.1) is 0 Å². The Morgan fingerprint density at radius 2 is 2.00 bits per heavy atom. The van der Waals surface area contributed by atoms with Gasteiger partial charge in [0.25, 0.3) is 0 Å². The Morgan fingerprint density at radius 1 is 1.25 bits per heavy atom. The van der Waals surface area contributed by atoms with E-state index in [2.05, 4.69) is 16.8 Å². The molecule has 3 rings (SSSR count). The molecule has 8 heteroatoms. The molecule has 32 heavy (non-hydrogen) atoms. The van der Waals surface area contributed by atoms with Gasteiger partial charge in [0.15, 0.2) is 11.5 Å². The van der Waals surface area contributed by atoms with E-state index in [0.29, 0.717) is 31.2 Å². The lowest BCUT2D eigenvalue weighted by Gasteiger charge is -2.37. The number of hydrogen-bond donors (Lipinski definition) is 1. The number of fused-ring (bicyclic) bond motifs is 1. The molecule has 0 radical (unpaired) electrons. The highest BCUT2D eigenvalue weighted by Crippen LogP contribution is 2.35. The quantitative estimate of drug-likeness (QED) is 0.613. The monoisotopic (exact) mass is 459 g/mol. The molecule has 1 aliphatic heterocycles. The van der Waals surface area contributed by atoms with Crippen molar-refractivity contribution < 1.29 is 19.1 Å². The van der Waals surface area contributed by atoms with Crippen LogP contribution in [-0.4, -0.2) is 61.1 Å². The fraction of sp³-hybridized carbons (Fsp3) is 0.500. The van der Waals surface area contributed by atoms with Crippen molar-refractivity contribution in [1.29, 1.82) is 0 Å². The number of thiophene rings is 1. The van der Waals surface area contributed by atoms with Crippen molar-refractivity contribution in [2.45, 2.75) is 45.7 Å². The number of nitrogens with zero attached hydrogens (tertiary/aromatic N) is 2. The van der Waals surface area contributed by atoms with Crippen LogP contribution < -0.4 is 14.8 Å². The molecule has 2 heterocycles. The molecule has 1 atom stereocenters. The minimum atomic E-state index is -0.213. The molecular formula is C24H33N3O4S. The number of urea groups is 1. The third kappa shape index (κ3) is 5.54. The first-order valence-electron chi connectivity index (χ1n) is 11.1. The average Bonchev–Trinajstić information content (AvgIpc) is 3.28. The minimum Gasteiger partial charge on any atom is -0.493 e. The van der Waals surface area contributed by atoms with Gasteiger partial charge in [0, 0.05) is 24.0 Å². The van der Waals surface area contributed by atoms with E-state index in [1.54, 1.807) is 23.3 Å². The molecule has 174 valence electrons. The first-order chi connectivity index (χ1) is 15.5. The Morgan fingerprint density at radius 3 is 2.69 bits per heavy atom. The first-order valence-corrected chi connectivity index (χ1v) is 12.0. The molecule has 1 N–H and O–H groups in total. The first kappa shape index (κ1) is 23.9. The minimum absolute atomic E-state index is 0.0395. The summed E-state index contributed by atoms with van der Waals surface area (Å²) in [5.74, 6) is 1.23. The Kier molecular flexibility index (Phi) is 8.39. The van der Waals surface area contributed by atoms with Crippen molar-refractivity contribution >= 4 is 23.3 Å². The molecule has 1 aromatic carbocycles. The standard InChI is InChI=1S/C24H33N3O4S/c1-5-12-25-24(29)27(17(2)3)15-23(28)26-13-10-22-18(11-14-32-22)19(26)16-31-21-9-7-6-8-20(21)30-4/h6-9,11,14,17,19H,5,10,12-13,15-16H2,1-4H3,(H,25,29)/t19-/m1/s1. The maximum Gasteiger partial charge on any atom is 0.318 e. The number of amides is 3. The molecule has 1 aliphatic rings. The Hall–Kier alpha value is -2.74. The summed E-state index contributed by atoms with van der Waals surface area (Å²) in [6, 6.07) is 9.08. The van der Waals surface area contributed by atoms with Gasteiger partial charge < -0.3 is 24.6 Å². The number of hydrogen-bond acceptors (Lipinski definition) is 5. The molecule has 0 unspecified atom stereocenters. The number of methoxy groups -OCH3 is 1. The molecule has 0 spiro atoms. The van der Waals surface area contributed by atoms with E-state index in [1.165, 1.54) is 4.88 Å². The lowest BCUT2D eigenvalue weighted by Crippen LogP contribution is -2.51. The summed E-state index contributed by atoms with van der Waals surface area (Å²) in [7, 11) is 1.61. The lowest BCUT2D eigenvalue weighted by atomic mass is 10.0. The van der Waals surface area contributed by atoms with Gasteiger partial charge in [-0.2, -0.15) is 0 Å². The number of nitrogens with one attached hydrogen (secondary N) is 1. The Balaban J connectivity index is 1.77. The van der Waals surface area contributed by atoms with Crippen LogP contribution in [0.1, 0.15) is 43.7 Å². The van der Waals surface area contributed by atoms with Gasteiger partial charge in [0.1, 0.15) is 13.2 Å². The zero-order valence-electron chi connectivity index (χ0n) is 19.3. The molecule has 2 aromatic rings. The number of carbonyl (C=O) groups is 2. The highest BCUT2D eigenvalue weighted by Gasteiger charge is 2.34. The van der Waals surface area contributed by atoms with Crippen LogP contribution in [0.4, 0.5) is 4.79 Å². The van der Waals surface area contributed by atoms with Gasteiger partial charge in [-0.15, -0.1) is 11.3 Å². The third-order valence-corrected chi connectivity index (χ3v) is 6.59. The third-order valence-electron chi connectivity index (χ3n) is 5.60. The molecule has 0 aliphatic carbocycles. The van der Waals surface area contributed by atoms with Crippen molar-refractivity contribution in [3.63, 3.8) is 0 Å². The normalized spacial score (nSPS) is 15.3. The molecule has 3 amide bonds. The van der Waals surface area contributed by atoms with Crippen molar-refractivity contribution in [1.82, 2.24) is 15.1 Å². The fourth-order valence-electron chi connectivity index (χ4n) is 3.84. The van der Waals surface area contributed by atoms with Crippen molar-refractivity contribution in [2.24, 2.45) is 0 Å². The number of benzene rings is 1. The van der Waals surface area contributed by atoms with E-state index >= 15 is 0 Å². The molecule has 0 bridgehead atoms. The van der Waals surface area contributed by atoms with Crippen LogP contribution in [0.15, 0.2) is 35.7 Å². The number of para-hydroxylation sites is 2. The Labute approximate surface area is 194 Å². The van der Waals surface area contributed by atoms with E-state index in [9.17, 15) is 9.59 Å². The highest BCUT2D eigenvalue weighted by molar-refractivity contribution is 7.10. The highest BCUT2D eigenvalue weighted by atomic mass is 32.1. The van der Waals surface area contributed by atoms with Gasteiger partial charge in [-0.25, -0.2) is 4.79 Å². The largest absolute Gasteiger partial charge is 0.493 e. The number of ether oxygens (including phenoxy) is 2. The van der Waals surface area contributed by atoms with Gasteiger partial charge in [-0.1, -0.05) is 19.1 Å². The molecule has 0 saturated heterocycles. The summed E-state index contributed by atoms with van der Waals surface area (Å²) in [4.78, 5) is 30.7. The second-order valence-electron chi connectivity index (χ2n) is 8.07. The van der Waals surface area contributed by atoms with E-state index in [-0.39, 0.29) is 30.6 Å². The fourth-order valence-corrected chi connectivity index (χ4v) is 4.77. The second-order valence-corrected chi connectivity index (χ2v) is 9.07. The molecule has 1 aromatic heterocycles. The van der Waals surface area contributed by atoms with Crippen molar-refractivity contribution in [3.05, 3.63) is 46.2 Å². The van der Waals surface area contributed by atoms with Gasteiger partial charge >= 0.3 is 6.03 Å².